The van der Waals surface area contributed by atoms with E-state index in [9.17, 15) is 33.4 Å². The molecule has 0 aliphatic carbocycles. The highest BCUT2D eigenvalue weighted by atomic mass is 31.3. The van der Waals surface area contributed by atoms with Gasteiger partial charge in [-0.1, -0.05) is 0 Å². The lowest BCUT2D eigenvalue weighted by Gasteiger charge is -2.26. The predicted octanol–water partition coefficient (Wildman–Crippen LogP) is -1.74. The largest absolute Gasteiger partial charge is 0.756 e. The zero-order valence-electron chi connectivity index (χ0n) is 13.8. The Balaban J connectivity index is 2.01. The molecule has 2 rings (SSSR count). The summed E-state index contributed by atoms with van der Waals surface area (Å²) in [6.45, 7) is -1.07. The lowest BCUT2D eigenvalue weighted by Crippen LogP contribution is -2.27. The van der Waals surface area contributed by atoms with Gasteiger partial charge in [0.15, 0.2) is 12.0 Å². The Labute approximate surface area is 160 Å². The molecule has 17 nitrogen and oxygen atoms in total. The van der Waals surface area contributed by atoms with E-state index in [-0.39, 0.29) is 12.3 Å². The van der Waals surface area contributed by atoms with Gasteiger partial charge in [-0.15, -0.1) is 0 Å². The van der Waals surface area contributed by atoms with E-state index < -0.39 is 53.5 Å². The number of aliphatic hydroxyl groups is 1. The fourth-order valence-corrected chi connectivity index (χ4v) is 4.85. The van der Waals surface area contributed by atoms with Gasteiger partial charge in [-0.2, -0.15) is 10.9 Å². The number of nitrogens with two attached hydrogens (primary N) is 1. The van der Waals surface area contributed by atoms with Crippen LogP contribution in [0.25, 0.3) is 0 Å². The van der Waals surface area contributed by atoms with E-state index in [1.165, 1.54) is 6.07 Å². The Kier molecular flexibility index (Phi) is 7.05. The van der Waals surface area contributed by atoms with Crippen LogP contribution in [0.3, 0.4) is 0 Å². The molecule has 3 unspecified atom stereocenters. The summed E-state index contributed by atoms with van der Waals surface area (Å²) in [6.07, 6.45) is -0.296. The van der Waals surface area contributed by atoms with E-state index in [1.54, 1.807) is 0 Å². The summed E-state index contributed by atoms with van der Waals surface area (Å²) in [6, 6.07) is 1.20. The summed E-state index contributed by atoms with van der Waals surface area (Å²) in [4.78, 5) is 58.7. The average molecular weight is 479 g/mol. The van der Waals surface area contributed by atoms with Crippen LogP contribution in [0.5, 0.6) is 5.88 Å². The van der Waals surface area contributed by atoms with Crippen molar-refractivity contribution >= 4 is 23.5 Å². The molecule has 1 aliphatic rings. The minimum atomic E-state index is -5.81. The molecular formula is C9H12N3O14P3-2. The van der Waals surface area contributed by atoms with Gasteiger partial charge >= 0.3 is 13.5 Å². The zero-order valence-corrected chi connectivity index (χ0v) is 16.5. The maximum atomic E-state index is 11.8. The summed E-state index contributed by atoms with van der Waals surface area (Å²) in [5.41, 5.74) is -0.879. The van der Waals surface area contributed by atoms with Crippen molar-refractivity contribution in [1.82, 2.24) is 9.55 Å². The molecule has 1 aliphatic heterocycles. The number of hydrogen-bond donors (Lipinski definition) is 4. The van der Waals surface area contributed by atoms with Crippen LogP contribution in [-0.4, -0.2) is 31.1 Å². The third-order valence-electron chi connectivity index (χ3n) is 2.97. The maximum Gasteiger partial charge on any atom is 0.485 e. The molecule has 0 amide bonds. The Bertz CT molecular complexity index is 1000. The second-order valence-electron chi connectivity index (χ2n) is 5.04. The van der Waals surface area contributed by atoms with Crippen molar-refractivity contribution in [3.63, 3.8) is 0 Å². The van der Waals surface area contributed by atoms with Gasteiger partial charge in [-0.05, 0) is 0 Å². The van der Waals surface area contributed by atoms with Crippen molar-refractivity contribution in [3.8, 4) is 5.88 Å². The average Bonchev–Trinajstić information content (AvgIpc) is 2.90. The molecule has 20 heteroatoms. The van der Waals surface area contributed by atoms with Crippen molar-refractivity contribution in [2.45, 2.75) is 12.6 Å². The Morgan fingerprint density at radius 2 is 1.97 bits per heavy atom. The van der Waals surface area contributed by atoms with Crippen LogP contribution in [-0.2, 0) is 31.6 Å². The smallest absolute Gasteiger partial charge is 0.485 e. The molecular weight excluding hydrogens is 467 g/mol. The van der Waals surface area contributed by atoms with Crippen molar-refractivity contribution in [3.05, 3.63) is 34.3 Å². The third-order valence-corrected chi connectivity index (χ3v) is 6.69. The number of aromatic nitrogens is 2. The number of phosphoric acid groups is 3. The van der Waals surface area contributed by atoms with Crippen LogP contribution in [0.2, 0.25) is 0 Å². The van der Waals surface area contributed by atoms with Crippen molar-refractivity contribution < 1.29 is 61.1 Å². The van der Waals surface area contributed by atoms with Crippen LogP contribution < -0.4 is 26.2 Å². The number of ether oxygens (including phenoxy) is 1. The first-order valence-electron chi connectivity index (χ1n) is 7.00. The highest BCUT2D eigenvalue weighted by Crippen LogP contribution is 2.64. The fourth-order valence-electron chi connectivity index (χ4n) is 1.94. The van der Waals surface area contributed by atoms with Gasteiger partial charge in [-0.3, -0.25) is 13.7 Å². The van der Waals surface area contributed by atoms with E-state index in [2.05, 4.69) is 23.0 Å². The number of hydrogen-bond acceptors (Lipinski definition) is 14. The Morgan fingerprint density at radius 1 is 1.31 bits per heavy atom. The fraction of sp³-hybridized carbons (Fsp3) is 0.333. The number of nitrogens with zero attached hydrogens (tertiary/aromatic N) is 2. The minimum absolute atomic E-state index is 0.199. The molecule has 29 heavy (non-hydrogen) atoms. The molecule has 164 valence electrons. The third kappa shape index (κ3) is 6.99. The van der Waals surface area contributed by atoms with Crippen LogP contribution in [0.15, 0.2) is 28.6 Å². The van der Waals surface area contributed by atoms with Crippen LogP contribution >= 0.6 is 23.5 Å². The molecule has 5 N–H and O–H groups in total. The first-order chi connectivity index (χ1) is 13.2. The van der Waals surface area contributed by atoms with Crippen molar-refractivity contribution in [2.24, 2.45) is 5.90 Å². The molecule has 0 spiro atoms. The highest BCUT2D eigenvalue weighted by molar-refractivity contribution is 7.65. The standard InChI is InChI=1S/C9H14N3O14P3/c10-24-7-1-2-12(9(14)11-7)8-3-5(13)6(23-8)4-22-28(18,19)26-29(20,21)25-27(15,16)17/h1-2,8,13H,3-4,10H2,(H,18,19)(H,20,21)(H2,15,16,17)/p-2/t8-/m1/s1. The van der Waals surface area contributed by atoms with Gasteiger partial charge in [0.25, 0.3) is 15.6 Å². The first kappa shape index (κ1) is 23.7. The molecule has 0 bridgehead atoms. The monoisotopic (exact) mass is 479 g/mol. The molecule has 1 aromatic heterocycles. The quantitative estimate of drug-likeness (QED) is 0.226. The lowest BCUT2D eigenvalue weighted by atomic mass is 10.3. The summed E-state index contributed by atoms with van der Waals surface area (Å²) in [5, 5.41) is 9.82. The number of aliphatic hydroxyl groups excluding tert-OH is 1. The van der Waals surface area contributed by atoms with Crippen molar-refractivity contribution in [1.29, 1.82) is 0 Å². The van der Waals surface area contributed by atoms with E-state index in [0.717, 1.165) is 10.8 Å². The molecule has 0 saturated carbocycles. The highest BCUT2D eigenvalue weighted by Gasteiger charge is 2.34. The van der Waals surface area contributed by atoms with Gasteiger partial charge < -0.3 is 38.8 Å². The van der Waals surface area contributed by atoms with E-state index >= 15 is 0 Å². The topological polar surface area (TPSA) is 265 Å². The van der Waals surface area contributed by atoms with Gasteiger partial charge in [-0.25, -0.2) is 18.0 Å². The summed E-state index contributed by atoms with van der Waals surface area (Å²) in [7, 11) is -17.3. The summed E-state index contributed by atoms with van der Waals surface area (Å²) >= 11 is 0. The van der Waals surface area contributed by atoms with Gasteiger partial charge in [0.05, 0.1) is 6.42 Å². The van der Waals surface area contributed by atoms with E-state index in [1.807, 2.05) is 0 Å². The second-order valence-corrected chi connectivity index (χ2v) is 9.37. The van der Waals surface area contributed by atoms with Gasteiger partial charge in [0.2, 0.25) is 5.88 Å². The Hall–Kier alpha value is -1.61. The molecule has 0 saturated heterocycles. The molecule has 4 atom stereocenters. The SMILES string of the molecule is NOc1ccn([C@H]2CC(O)=C(COP(=O)([O-])OP(=O)(O)OP(=O)([O-])O)O2)c(=O)n1. The maximum absolute atomic E-state index is 11.8. The molecule has 2 heterocycles. The normalized spacial score (nSPS) is 23.0. The van der Waals surface area contributed by atoms with Gasteiger partial charge in [0, 0.05) is 12.3 Å². The molecule has 0 radical (unpaired) electrons. The predicted molar refractivity (Wildman–Crippen MR) is 83.1 cm³/mol. The summed E-state index contributed by atoms with van der Waals surface area (Å²) in [5.74, 6) is 3.63. The number of rotatable bonds is 9. The Morgan fingerprint density at radius 3 is 2.52 bits per heavy atom. The van der Waals surface area contributed by atoms with E-state index in [4.69, 9.17) is 20.4 Å². The summed E-state index contributed by atoms with van der Waals surface area (Å²) < 4.78 is 50.1. The minimum Gasteiger partial charge on any atom is -0.756 e. The zero-order chi connectivity index (χ0) is 22.0. The van der Waals surface area contributed by atoms with Crippen LogP contribution in [0.4, 0.5) is 0 Å². The molecule has 0 fully saturated rings. The van der Waals surface area contributed by atoms with Gasteiger partial charge in [0.1, 0.15) is 12.4 Å². The van der Waals surface area contributed by atoms with Crippen LogP contribution in [0.1, 0.15) is 12.6 Å². The van der Waals surface area contributed by atoms with E-state index in [0.29, 0.717) is 0 Å². The number of phosphoric ester groups is 1. The van der Waals surface area contributed by atoms with Crippen molar-refractivity contribution in [2.75, 3.05) is 6.61 Å². The lowest BCUT2D eigenvalue weighted by molar-refractivity contribution is -0.219. The van der Waals surface area contributed by atoms with Crippen LogP contribution in [0, 0.1) is 0 Å². The second kappa shape index (κ2) is 8.63. The molecule has 1 aromatic rings. The first-order valence-corrected chi connectivity index (χ1v) is 11.4. The molecule has 0 aromatic carbocycles.